The van der Waals surface area contributed by atoms with E-state index in [1.165, 1.54) is 39.3 Å². The number of anilines is 1. The molecule has 0 aliphatic carbocycles. The molecule has 0 aromatic heterocycles. The van der Waals surface area contributed by atoms with Crippen molar-refractivity contribution in [2.45, 2.75) is 11.3 Å². The van der Waals surface area contributed by atoms with E-state index < -0.39 is 10.0 Å². The molecule has 0 unspecified atom stereocenters. The highest BCUT2D eigenvalue weighted by Gasteiger charge is 2.35. The lowest BCUT2D eigenvalue weighted by Crippen LogP contribution is -2.32. The lowest BCUT2D eigenvalue weighted by atomic mass is 10.1. The summed E-state index contributed by atoms with van der Waals surface area (Å²) in [5.74, 6) is 0.394. The lowest BCUT2D eigenvalue weighted by molar-refractivity contribution is 0.0983. The number of benzene rings is 2. The highest BCUT2D eigenvalue weighted by molar-refractivity contribution is 7.89. The summed E-state index contributed by atoms with van der Waals surface area (Å²) in [6, 6.07) is 10.2. The van der Waals surface area contributed by atoms with Crippen molar-refractivity contribution < 1.29 is 22.7 Å². The number of para-hydroxylation sites is 1. The summed E-state index contributed by atoms with van der Waals surface area (Å²) in [6.07, 6.45) is 0.579. The van der Waals surface area contributed by atoms with Crippen LogP contribution >= 0.6 is 0 Å². The number of sulfonamides is 1. The number of rotatable bonds is 5. The Morgan fingerprint density at radius 2 is 1.63 bits per heavy atom. The monoisotopic (exact) mass is 390 g/mol. The summed E-state index contributed by atoms with van der Waals surface area (Å²) in [5, 5.41) is 0. The van der Waals surface area contributed by atoms with Crippen molar-refractivity contribution in [3.63, 3.8) is 0 Å². The number of carbonyl (C=O) groups excluding carboxylic acids is 1. The van der Waals surface area contributed by atoms with Gasteiger partial charge in [-0.2, -0.15) is 0 Å². The fraction of sp³-hybridized carbons (Fsp3) is 0.316. The van der Waals surface area contributed by atoms with Crippen LogP contribution in [0, 0.1) is 0 Å². The molecule has 27 heavy (non-hydrogen) atoms. The molecule has 2 aromatic rings. The van der Waals surface area contributed by atoms with E-state index in [0.29, 0.717) is 30.2 Å². The SMILES string of the molecule is COc1cccc(OC)c1C(=O)N1CCc2cccc(S(=O)(=O)N(C)C)c21. The van der Waals surface area contributed by atoms with Crippen LogP contribution in [0.25, 0.3) is 0 Å². The molecule has 0 saturated carbocycles. The Bertz CT molecular complexity index is 963. The summed E-state index contributed by atoms with van der Waals surface area (Å²) in [5.41, 5.74) is 1.51. The van der Waals surface area contributed by atoms with E-state index in [9.17, 15) is 13.2 Å². The van der Waals surface area contributed by atoms with Gasteiger partial charge in [0.05, 0.1) is 19.9 Å². The molecule has 0 spiro atoms. The maximum Gasteiger partial charge on any atom is 0.265 e. The topological polar surface area (TPSA) is 76.1 Å². The van der Waals surface area contributed by atoms with Crippen LogP contribution in [0.5, 0.6) is 11.5 Å². The zero-order valence-electron chi connectivity index (χ0n) is 15.7. The molecule has 0 N–H and O–H groups in total. The number of ether oxygens (including phenoxy) is 2. The molecule has 1 aliphatic rings. The molecule has 0 radical (unpaired) electrons. The second-order valence-electron chi connectivity index (χ2n) is 6.30. The highest BCUT2D eigenvalue weighted by Crippen LogP contribution is 2.39. The van der Waals surface area contributed by atoms with E-state index in [0.717, 1.165) is 9.87 Å². The van der Waals surface area contributed by atoms with Gasteiger partial charge in [-0.3, -0.25) is 4.79 Å². The predicted molar refractivity (Wildman–Crippen MR) is 102 cm³/mol. The smallest absolute Gasteiger partial charge is 0.265 e. The van der Waals surface area contributed by atoms with Gasteiger partial charge in [-0.05, 0) is 30.2 Å². The molecule has 1 amide bonds. The predicted octanol–water partition coefficient (Wildman–Crippen LogP) is 2.16. The Kier molecular flexibility index (Phi) is 5.12. The van der Waals surface area contributed by atoms with Gasteiger partial charge in [0.2, 0.25) is 10.0 Å². The summed E-state index contributed by atoms with van der Waals surface area (Å²) in [4.78, 5) is 15.0. The maximum absolute atomic E-state index is 13.4. The Labute approximate surface area is 159 Å². The molecular weight excluding hydrogens is 368 g/mol. The third kappa shape index (κ3) is 3.15. The molecule has 3 rings (SSSR count). The molecule has 1 aliphatic heterocycles. The van der Waals surface area contributed by atoms with Gasteiger partial charge in [-0.1, -0.05) is 18.2 Å². The lowest BCUT2D eigenvalue weighted by Gasteiger charge is -2.23. The van der Waals surface area contributed by atoms with Crippen LogP contribution in [0.2, 0.25) is 0 Å². The van der Waals surface area contributed by atoms with E-state index in [-0.39, 0.29) is 16.4 Å². The highest BCUT2D eigenvalue weighted by atomic mass is 32.2. The fourth-order valence-corrected chi connectivity index (χ4v) is 4.35. The minimum absolute atomic E-state index is 0.115. The number of hydrogen-bond acceptors (Lipinski definition) is 5. The van der Waals surface area contributed by atoms with E-state index in [4.69, 9.17) is 9.47 Å². The van der Waals surface area contributed by atoms with Gasteiger partial charge < -0.3 is 14.4 Å². The first-order chi connectivity index (χ1) is 12.8. The van der Waals surface area contributed by atoms with Gasteiger partial charge in [0.25, 0.3) is 5.91 Å². The van der Waals surface area contributed by atoms with Crippen LogP contribution in [0.1, 0.15) is 15.9 Å². The Morgan fingerprint density at radius 1 is 1.04 bits per heavy atom. The molecule has 144 valence electrons. The Morgan fingerprint density at radius 3 is 2.19 bits per heavy atom. The minimum Gasteiger partial charge on any atom is -0.496 e. The van der Waals surface area contributed by atoms with Gasteiger partial charge in [-0.25, -0.2) is 12.7 Å². The first-order valence-corrected chi connectivity index (χ1v) is 9.84. The molecule has 8 heteroatoms. The molecule has 2 aromatic carbocycles. The third-order valence-corrected chi connectivity index (χ3v) is 6.45. The van der Waals surface area contributed by atoms with E-state index in [1.807, 2.05) is 6.07 Å². The number of amides is 1. The molecule has 0 bridgehead atoms. The number of nitrogens with zero attached hydrogens (tertiary/aromatic N) is 2. The largest absolute Gasteiger partial charge is 0.496 e. The van der Waals surface area contributed by atoms with Crippen LogP contribution in [0.15, 0.2) is 41.3 Å². The molecular formula is C19H22N2O5S. The number of fused-ring (bicyclic) bond motifs is 1. The second-order valence-corrected chi connectivity index (χ2v) is 8.42. The molecule has 0 saturated heterocycles. The summed E-state index contributed by atoms with van der Waals surface area (Å²) in [7, 11) is 2.19. The van der Waals surface area contributed by atoms with Gasteiger partial charge >= 0.3 is 0 Å². The van der Waals surface area contributed by atoms with Crippen molar-refractivity contribution in [1.29, 1.82) is 0 Å². The Hall–Kier alpha value is -2.58. The van der Waals surface area contributed by atoms with Crippen molar-refractivity contribution in [1.82, 2.24) is 4.31 Å². The van der Waals surface area contributed by atoms with Gasteiger partial charge in [0.15, 0.2) is 0 Å². The molecule has 0 fully saturated rings. The van der Waals surface area contributed by atoms with Crippen molar-refractivity contribution >= 4 is 21.6 Å². The quantitative estimate of drug-likeness (QED) is 0.782. The van der Waals surface area contributed by atoms with Crippen LogP contribution in [-0.4, -0.2) is 53.5 Å². The van der Waals surface area contributed by atoms with E-state index in [1.54, 1.807) is 24.3 Å². The van der Waals surface area contributed by atoms with Gasteiger partial charge in [0, 0.05) is 20.6 Å². The van der Waals surface area contributed by atoms with Crippen molar-refractivity contribution in [2.24, 2.45) is 0 Å². The average Bonchev–Trinajstić information content (AvgIpc) is 3.10. The average molecular weight is 390 g/mol. The fourth-order valence-electron chi connectivity index (χ4n) is 3.22. The van der Waals surface area contributed by atoms with Crippen LogP contribution in [0.4, 0.5) is 5.69 Å². The van der Waals surface area contributed by atoms with E-state index >= 15 is 0 Å². The van der Waals surface area contributed by atoms with Gasteiger partial charge in [0.1, 0.15) is 22.0 Å². The van der Waals surface area contributed by atoms with Crippen molar-refractivity contribution in [2.75, 3.05) is 39.8 Å². The second kappa shape index (κ2) is 7.21. The molecule has 7 nitrogen and oxygen atoms in total. The normalized spacial score (nSPS) is 13.6. The number of hydrogen-bond donors (Lipinski definition) is 0. The number of methoxy groups -OCH3 is 2. The Balaban J connectivity index is 2.16. The summed E-state index contributed by atoms with van der Waals surface area (Å²) in [6.45, 7) is 0.384. The third-order valence-electron chi connectivity index (χ3n) is 4.60. The minimum atomic E-state index is -3.71. The first kappa shape index (κ1) is 19.2. The molecule has 1 heterocycles. The summed E-state index contributed by atoms with van der Waals surface area (Å²) >= 11 is 0. The van der Waals surface area contributed by atoms with Crippen LogP contribution in [-0.2, 0) is 16.4 Å². The summed E-state index contributed by atoms with van der Waals surface area (Å²) < 4.78 is 37.4. The number of carbonyl (C=O) groups is 1. The first-order valence-electron chi connectivity index (χ1n) is 8.40. The standard InChI is InChI=1S/C19H22N2O5S/c1-20(2)27(23,24)16-10-5-7-13-11-12-21(18(13)16)19(22)17-14(25-3)8-6-9-15(17)26-4/h5-10H,11-12H2,1-4H3. The molecule has 0 atom stereocenters. The van der Waals surface area contributed by atoms with E-state index in [2.05, 4.69) is 0 Å². The van der Waals surface area contributed by atoms with Crippen molar-refractivity contribution in [3.8, 4) is 11.5 Å². The maximum atomic E-state index is 13.4. The van der Waals surface area contributed by atoms with Crippen LogP contribution < -0.4 is 14.4 Å². The van der Waals surface area contributed by atoms with Crippen molar-refractivity contribution in [3.05, 3.63) is 47.5 Å². The van der Waals surface area contributed by atoms with Crippen LogP contribution in [0.3, 0.4) is 0 Å². The zero-order chi connectivity index (χ0) is 19.8. The zero-order valence-corrected chi connectivity index (χ0v) is 16.5. The van der Waals surface area contributed by atoms with Gasteiger partial charge in [-0.15, -0.1) is 0 Å².